The number of hydrogen-bond donors (Lipinski definition) is 4. The number of rotatable bonds is 9. The van der Waals surface area contributed by atoms with Gasteiger partial charge in [0.25, 0.3) is 0 Å². The highest BCUT2D eigenvalue weighted by Gasteiger charge is 2.22. The smallest absolute Gasteiger partial charge is 0.336 e. The van der Waals surface area contributed by atoms with Crippen molar-refractivity contribution in [3.63, 3.8) is 0 Å². The second kappa shape index (κ2) is 11.2. The Labute approximate surface area is 225 Å². The summed E-state index contributed by atoms with van der Waals surface area (Å²) >= 11 is 5.42. The minimum Gasteiger partial charge on any atom is -0.508 e. The summed E-state index contributed by atoms with van der Waals surface area (Å²) in [5.41, 5.74) is 1.95. The monoisotopic (exact) mass is 534 g/mol. The average molecular weight is 535 g/mol. The van der Waals surface area contributed by atoms with Crippen molar-refractivity contribution < 1.29 is 24.2 Å². The molecule has 38 heavy (non-hydrogen) atoms. The summed E-state index contributed by atoms with van der Waals surface area (Å²) in [7, 11) is 0. The van der Waals surface area contributed by atoms with Crippen molar-refractivity contribution in [2.75, 3.05) is 18.5 Å². The first-order chi connectivity index (χ1) is 18.1. The number of carboxylic acid groups (broad SMARTS) is 1. The minimum absolute atomic E-state index is 0.0100. The van der Waals surface area contributed by atoms with Gasteiger partial charge in [0.1, 0.15) is 17.1 Å². The third kappa shape index (κ3) is 6.12. The van der Waals surface area contributed by atoms with E-state index in [1.807, 2.05) is 13.8 Å². The molecular formula is C29H30N2O6S. The maximum absolute atomic E-state index is 12.4. The molecule has 0 bridgehead atoms. The molecule has 8 nitrogen and oxygen atoms in total. The Bertz CT molecular complexity index is 1530. The van der Waals surface area contributed by atoms with Gasteiger partial charge in [0, 0.05) is 47.5 Å². The SMILES string of the molecule is CCCOC(C)(C)CCNC(=S)Nc1ccc(-c2c3ccc(=O)cc-3oc3cc(O)ccc23)c(C(=O)O)c1. The zero-order valence-corrected chi connectivity index (χ0v) is 22.3. The number of ether oxygens (including phenoxy) is 1. The van der Waals surface area contributed by atoms with Gasteiger partial charge < -0.3 is 30.0 Å². The van der Waals surface area contributed by atoms with E-state index in [1.54, 1.807) is 24.3 Å². The number of phenolic OH excluding ortho intramolecular Hbond substituents is 1. The average Bonchev–Trinajstić information content (AvgIpc) is 2.86. The van der Waals surface area contributed by atoms with E-state index in [2.05, 4.69) is 17.6 Å². The summed E-state index contributed by atoms with van der Waals surface area (Å²) < 4.78 is 11.7. The second-order valence-electron chi connectivity index (χ2n) is 9.62. The van der Waals surface area contributed by atoms with Gasteiger partial charge in [-0.1, -0.05) is 13.0 Å². The van der Waals surface area contributed by atoms with Crippen molar-refractivity contribution in [3.8, 4) is 28.2 Å². The summed E-state index contributed by atoms with van der Waals surface area (Å²) in [6, 6.07) is 13.9. The zero-order valence-electron chi connectivity index (χ0n) is 21.5. The molecule has 0 fully saturated rings. The van der Waals surface area contributed by atoms with Gasteiger partial charge in [-0.25, -0.2) is 4.79 Å². The first-order valence-corrected chi connectivity index (χ1v) is 12.7. The van der Waals surface area contributed by atoms with E-state index in [0.717, 1.165) is 12.8 Å². The lowest BCUT2D eigenvalue weighted by molar-refractivity contribution is -0.0218. The van der Waals surface area contributed by atoms with E-state index in [9.17, 15) is 19.8 Å². The number of anilines is 1. The van der Waals surface area contributed by atoms with Crippen LogP contribution in [-0.4, -0.2) is 40.0 Å². The maximum atomic E-state index is 12.4. The van der Waals surface area contributed by atoms with Gasteiger partial charge in [-0.05, 0) is 80.9 Å². The normalized spacial score (nSPS) is 11.6. The number of thiocarbonyl (C=S) groups is 1. The summed E-state index contributed by atoms with van der Waals surface area (Å²) in [5.74, 6) is -0.844. The van der Waals surface area contributed by atoms with E-state index < -0.39 is 5.97 Å². The first kappa shape index (κ1) is 27.1. The molecule has 2 aliphatic rings. The lowest BCUT2D eigenvalue weighted by atomic mass is 9.90. The number of nitrogens with one attached hydrogen (secondary N) is 2. The fraction of sp³-hybridized carbons (Fsp3) is 0.276. The highest BCUT2D eigenvalue weighted by molar-refractivity contribution is 7.80. The number of carbonyl (C=O) groups is 1. The van der Waals surface area contributed by atoms with E-state index >= 15 is 0 Å². The van der Waals surface area contributed by atoms with Crippen molar-refractivity contribution >= 4 is 40.0 Å². The number of benzene rings is 3. The van der Waals surface area contributed by atoms with Crippen LogP contribution in [-0.2, 0) is 4.74 Å². The molecule has 0 unspecified atom stereocenters. The minimum atomic E-state index is -1.13. The molecule has 0 saturated carbocycles. The molecule has 1 aliphatic carbocycles. The molecular weight excluding hydrogens is 504 g/mol. The van der Waals surface area contributed by atoms with Crippen molar-refractivity contribution in [2.24, 2.45) is 0 Å². The fourth-order valence-corrected chi connectivity index (χ4v) is 4.49. The van der Waals surface area contributed by atoms with Gasteiger partial charge in [0.15, 0.2) is 10.5 Å². The molecule has 1 heterocycles. The second-order valence-corrected chi connectivity index (χ2v) is 10.0. The van der Waals surface area contributed by atoms with Crippen molar-refractivity contribution in [2.45, 2.75) is 39.2 Å². The molecule has 198 valence electrons. The molecule has 9 heteroatoms. The van der Waals surface area contributed by atoms with Gasteiger partial charge in [-0.15, -0.1) is 0 Å². The molecule has 0 atom stereocenters. The lowest BCUT2D eigenvalue weighted by Crippen LogP contribution is -2.35. The molecule has 0 amide bonds. The highest BCUT2D eigenvalue weighted by Crippen LogP contribution is 2.42. The van der Waals surface area contributed by atoms with Crippen LogP contribution in [0.5, 0.6) is 5.75 Å². The van der Waals surface area contributed by atoms with Crippen molar-refractivity contribution in [3.05, 3.63) is 70.4 Å². The highest BCUT2D eigenvalue weighted by atomic mass is 32.1. The Morgan fingerprint density at radius 1 is 1.08 bits per heavy atom. The van der Waals surface area contributed by atoms with Gasteiger partial charge in [-0.3, -0.25) is 4.79 Å². The maximum Gasteiger partial charge on any atom is 0.336 e. The molecule has 4 rings (SSSR count). The summed E-state index contributed by atoms with van der Waals surface area (Å²) in [6.45, 7) is 7.41. The lowest BCUT2D eigenvalue weighted by Gasteiger charge is -2.25. The fourth-order valence-electron chi connectivity index (χ4n) is 4.27. The van der Waals surface area contributed by atoms with Crippen LogP contribution in [0.25, 0.3) is 33.4 Å². The predicted molar refractivity (Wildman–Crippen MR) is 152 cm³/mol. The van der Waals surface area contributed by atoms with E-state index in [4.69, 9.17) is 21.4 Å². The molecule has 0 radical (unpaired) electrons. The Morgan fingerprint density at radius 2 is 1.84 bits per heavy atom. The molecule has 4 N–H and O–H groups in total. The summed E-state index contributed by atoms with van der Waals surface area (Å²) in [4.78, 5) is 24.4. The van der Waals surface area contributed by atoms with Crippen LogP contribution in [0.2, 0.25) is 0 Å². The number of aromatic carboxylic acids is 1. The number of aromatic hydroxyl groups is 1. The topological polar surface area (TPSA) is 121 Å². The van der Waals surface area contributed by atoms with Gasteiger partial charge in [0.05, 0.1) is 11.2 Å². The van der Waals surface area contributed by atoms with Crippen LogP contribution >= 0.6 is 12.2 Å². The third-order valence-electron chi connectivity index (χ3n) is 6.16. The predicted octanol–water partition coefficient (Wildman–Crippen LogP) is 5.85. The van der Waals surface area contributed by atoms with Crippen LogP contribution in [0.1, 0.15) is 44.0 Å². The number of phenols is 1. The molecule has 0 aromatic heterocycles. The Hall–Kier alpha value is -3.95. The number of fused-ring (bicyclic) bond motifs is 2. The van der Waals surface area contributed by atoms with Crippen LogP contribution in [0.15, 0.2) is 63.8 Å². The van der Waals surface area contributed by atoms with E-state index in [0.29, 0.717) is 57.4 Å². The van der Waals surface area contributed by atoms with Gasteiger partial charge in [-0.2, -0.15) is 0 Å². The van der Waals surface area contributed by atoms with Crippen LogP contribution in [0.4, 0.5) is 5.69 Å². The Kier molecular flexibility index (Phi) is 7.99. The molecule has 1 aliphatic heterocycles. The molecule has 0 spiro atoms. The largest absolute Gasteiger partial charge is 0.508 e. The van der Waals surface area contributed by atoms with Gasteiger partial charge in [0.2, 0.25) is 0 Å². The number of hydrogen-bond acceptors (Lipinski definition) is 6. The van der Waals surface area contributed by atoms with Crippen LogP contribution < -0.4 is 16.1 Å². The molecule has 2 aromatic rings. The Morgan fingerprint density at radius 3 is 2.58 bits per heavy atom. The molecule has 2 aromatic carbocycles. The van der Waals surface area contributed by atoms with Gasteiger partial charge >= 0.3 is 5.97 Å². The first-order valence-electron chi connectivity index (χ1n) is 12.3. The van der Waals surface area contributed by atoms with Crippen LogP contribution in [0, 0.1) is 0 Å². The number of carboxylic acids is 1. The van der Waals surface area contributed by atoms with Crippen molar-refractivity contribution in [1.82, 2.24) is 5.32 Å². The van der Waals surface area contributed by atoms with Crippen molar-refractivity contribution in [1.29, 1.82) is 0 Å². The summed E-state index contributed by atoms with van der Waals surface area (Å²) in [6.07, 6.45) is 1.69. The zero-order chi connectivity index (χ0) is 27.4. The standard InChI is InChI=1S/C29H30N2O6S/c1-4-13-36-29(2,3)11-12-30-28(38)31-17-5-8-20(23(14-17)27(34)35)26-21-9-6-18(32)15-24(21)37-25-16-19(33)7-10-22(25)26/h5-10,14-16,32H,4,11-13H2,1-3H3,(H,34,35)(H2,30,31,38). The summed E-state index contributed by atoms with van der Waals surface area (Å²) in [5, 5.41) is 27.3. The van der Waals surface area contributed by atoms with Crippen LogP contribution in [0.3, 0.4) is 0 Å². The van der Waals surface area contributed by atoms with E-state index in [1.165, 1.54) is 30.3 Å². The third-order valence-corrected chi connectivity index (χ3v) is 6.41. The quantitative estimate of drug-likeness (QED) is 0.155. The molecule has 0 saturated heterocycles. The van der Waals surface area contributed by atoms with E-state index in [-0.39, 0.29) is 22.3 Å². The Balaban J connectivity index is 1.66.